The molecule has 0 saturated heterocycles. The maximum atomic E-state index is 12.2. The van der Waals surface area contributed by atoms with Gasteiger partial charge in [-0.2, -0.15) is 0 Å². The predicted molar refractivity (Wildman–Crippen MR) is 68.9 cm³/mol. The minimum atomic E-state index is -1.12. The van der Waals surface area contributed by atoms with Crippen LogP contribution in [0.15, 0.2) is 29.6 Å². The number of nitrogens with one attached hydrogen (secondary N) is 1. The van der Waals surface area contributed by atoms with Crippen LogP contribution in [0.2, 0.25) is 0 Å². The molecule has 18 heavy (non-hydrogen) atoms. The Morgan fingerprint density at radius 1 is 1.44 bits per heavy atom. The number of carboxylic acid groups (broad SMARTS) is 1. The second-order valence-corrected chi connectivity index (χ2v) is 4.42. The van der Waals surface area contributed by atoms with E-state index < -0.39 is 12.8 Å². The second kappa shape index (κ2) is 5.59. The van der Waals surface area contributed by atoms with Gasteiger partial charge in [-0.25, -0.2) is 9.78 Å². The second-order valence-electron chi connectivity index (χ2n) is 3.56. The molecule has 94 valence electrons. The zero-order valence-electron chi connectivity index (χ0n) is 9.39. The standard InChI is InChI=1S/C12H11FN2O2S/c13-6-5-8-7-18-11(14-8)9-3-1-2-4-10(9)15-12(16)17/h1-4,7,15H,5-6H2,(H,16,17). The third-order valence-electron chi connectivity index (χ3n) is 2.30. The molecule has 0 aliphatic carbocycles. The summed E-state index contributed by atoms with van der Waals surface area (Å²) in [6.07, 6.45) is -0.839. The average molecular weight is 266 g/mol. The maximum absolute atomic E-state index is 12.2. The van der Waals surface area contributed by atoms with Crippen molar-refractivity contribution >= 4 is 23.1 Å². The SMILES string of the molecule is O=C(O)Nc1ccccc1-c1nc(CCF)cs1. The molecular formula is C12H11FN2O2S. The lowest BCUT2D eigenvalue weighted by atomic mass is 10.2. The van der Waals surface area contributed by atoms with Crippen LogP contribution in [0.5, 0.6) is 0 Å². The number of anilines is 1. The number of alkyl halides is 1. The Bertz CT molecular complexity index is 557. The van der Waals surface area contributed by atoms with Crippen molar-refractivity contribution in [1.82, 2.24) is 4.98 Å². The smallest absolute Gasteiger partial charge is 0.409 e. The summed E-state index contributed by atoms with van der Waals surface area (Å²) < 4.78 is 12.2. The highest BCUT2D eigenvalue weighted by atomic mass is 32.1. The van der Waals surface area contributed by atoms with Crippen LogP contribution in [0.25, 0.3) is 10.6 Å². The van der Waals surface area contributed by atoms with Gasteiger partial charge in [0.25, 0.3) is 0 Å². The number of hydrogen-bond acceptors (Lipinski definition) is 3. The molecule has 1 aromatic carbocycles. The Morgan fingerprint density at radius 2 is 2.22 bits per heavy atom. The van der Waals surface area contributed by atoms with Crippen LogP contribution in [0.4, 0.5) is 14.9 Å². The first-order valence-corrected chi connectivity index (χ1v) is 6.18. The molecule has 0 bridgehead atoms. The fraction of sp³-hybridized carbons (Fsp3) is 0.167. The molecular weight excluding hydrogens is 255 g/mol. The van der Waals surface area contributed by atoms with Crippen molar-refractivity contribution in [2.24, 2.45) is 0 Å². The van der Waals surface area contributed by atoms with Gasteiger partial charge >= 0.3 is 6.09 Å². The lowest BCUT2D eigenvalue weighted by Gasteiger charge is -2.05. The number of aromatic nitrogens is 1. The van der Waals surface area contributed by atoms with Gasteiger partial charge in [-0.05, 0) is 12.1 Å². The summed E-state index contributed by atoms with van der Waals surface area (Å²) >= 11 is 1.37. The number of carbonyl (C=O) groups is 1. The summed E-state index contributed by atoms with van der Waals surface area (Å²) in [5.41, 5.74) is 1.86. The van der Waals surface area contributed by atoms with Crippen molar-refractivity contribution in [3.63, 3.8) is 0 Å². The van der Waals surface area contributed by atoms with Gasteiger partial charge in [-0.3, -0.25) is 9.71 Å². The molecule has 0 atom stereocenters. The van der Waals surface area contributed by atoms with Gasteiger partial charge in [0, 0.05) is 17.4 Å². The lowest BCUT2D eigenvalue weighted by molar-refractivity contribution is 0.210. The molecule has 6 heteroatoms. The summed E-state index contributed by atoms with van der Waals surface area (Å²) in [7, 11) is 0. The number of benzene rings is 1. The Kier molecular flexibility index (Phi) is 3.88. The van der Waals surface area contributed by atoms with E-state index in [2.05, 4.69) is 10.3 Å². The molecule has 4 nitrogen and oxygen atoms in total. The van der Waals surface area contributed by atoms with E-state index in [1.54, 1.807) is 29.6 Å². The Morgan fingerprint density at radius 3 is 2.94 bits per heavy atom. The zero-order valence-corrected chi connectivity index (χ0v) is 10.2. The third-order valence-corrected chi connectivity index (χ3v) is 3.23. The molecule has 2 N–H and O–H groups in total. The number of hydrogen-bond donors (Lipinski definition) is 2. The Labute approximate surface area is 107 Å². The van der Waals surface area contributed by atoms with Gasteiger partial charge in [-0.1, -0.05) is 12.1 Å². The zero-order chi connectivity index (χ0) is 13.0. The molecule has 0 spiro atoms. The topological polar surface area (TPSA) is 62.2 Å². The van der Waals surface area contributed by atoms with E-state index in [-0.39, 0.29) is 6.42 Å². The Hall–Kier alpha value is -1.95. The molecule has 0 aliphatic heterocycles. The van der Waals surface area contributed by atoms with E-state index in [4.69, 9.17) is 5.11 Å². The van der Waals surface area contributed by atoms with Crippen LogP contribution >= 0.6 is 11.3 Å². The summed E-state index contributed by atoms with van der Waals surface area (Å²) in [5, 5.41) is 13.5. The number of nitrogens with zero attached hydrogens (tertiary/aromatic N) is 1. The van der Waals surface area contributed by atoms with Crippen LogP contribution in [-0.4, -0.2) is 22.9 Å². The number of rotatable bonds is 4. The van der Waals surface area contributed by atoms with Crippen LogP contribution in [0, 0.1) is 0 Å². The van der Waals surface area contributed by atoms with E-state index in [9.17, 15) is 9.18 Å². The molecule has 0 unspecified atom stereocenters. The van der Waals surface area contributed by atoms with Crippen molar-refractivity contribution in [2.45, 2.75) is 6.42 Å². The van der Waals surface area contributed by atoms with Gasteiger partial charge in [-0.15, -0.1) is 11.3 Å². The van der Waals surface area contributed by atoms with Crippen molar-refractivity contribution in [1.29, 1.82) is 0 Å². The monoisotopic (exact) mass is 266 g/mol. The normalized spacial score (nSPS) is 10.3. The molecule has 1 heterocycles. The van der Waals surface area contributed by atoms with Crippen molar-refractivity contribution < 1.29 is 14.3 Å². The lowest BCUT2D eigenvalue weighted by Crippen LogP contribution is -2.08. The van der Waals surface area contributed by atoms with Crippen molar-refractivity contribution in [2.75, 3.05) is 12.0 Å². The molecule has 0 radical (unpaired) electrons. The largest absolute Gasteiger partial charge is 0.465 e. The number of amides is 1. The third kappa shape index (κ3) is 2.84. The highest BCUT2D eigenvalue weighted by molar-refractivity contribution is 7.13. The summed E-state index contributed by atoms with van der Waals surface area (Å²) in [4.78, 5) is 15.0. The summed E-state index contributed by atoms with van der Waals surface area (Å²) in [5.74, 6) is 0. The molecule has 0 saturated carbocycles. The van der Waals surface area contributed by atoms with E-state index in [0.29, 0.717) is 22.0 Å². The van der Waals surface area contributed by atoms with Gasteiger partial charge < -0.3 is 5.11 Å². The fourth-order valence-electron chi connectivity index (χ4n) is 1.54. The van der Waals surface area contributed by atoms with Gasteiger partial charge in [0.1, 0.15) is 5.01 Å². The van der Waals surface area contributed by atoms with Gasteiger partial charge in [0.15, 0.2) is 0 Å². The van der Waals surface area contributed by atoms with Gasteiger partial charge in [0.05, 0.1) is 18.1 Å². The molecule has 0 fully saturated rings. The molecule has 2 rings (SSSR count). The van der Waals surface area contributed by atoms with Crippen molar-refractivity contribution in [3.8, 4) is 10.6 Å². The molecule has 0 aliphatic rings. The summed E-state index contributed by atoms with van der Waals surface area (Å²) in [6.45, 7) is -0.446. The van der Waals surface area contributed by atoms with Crippen LogP contribution < -0.4 is 5.32 Å². The fourth-order valence-corrected chi connectivity index (χ4v) is 2.43. The number of thiazole rings is 1. The predicted octanol–water partition coefficient (Wildman–Crippen LogP) is 3.41. The minimum Gasteiger partial charge on any atom is -0.465 e. The first-order chi connectivity index (χ1) is 8.70. The van der Waals surface area contributed by atoms with E-state index in [1.165, 1.54) is 11.3 Å². The van der Waals surface area contributed by atoms with E-state index in [1.807, 2.05) is 0 Å². The van der Waals surface area contributed by atoms with Gasteiger partial charge in [0.2, 0.25) is 0 Å². The highest BCUT2D eigenvalue weighted by Gasteiger charge is 2.10. The number of halogens is 1. The molecule has 2 aromatic rings. The molecule has 1 amide bonds. The first-order valence-electron chi connectivity index (χ1n) is 5.30. The first kappa shape index (κ1) is 12.5. The number of para-hydroxylation sites is 1. The highest BCUT2D eigenvalue weighted by Crippen LogP contribution is 2.30. The van der Waals surface area contributed by atoms with E-state index in [0.717, 1.165) is 0 Å². The van der Waals surface area contributed by atoms with E-state index >= 15 is 0 Å². The molecule has 1 aromatic heterocycles. The Balaban J connectivity index is 2.33. The summed E-state index contributed by atoms with van der Waals surface area (Å²) in [6, 6.07) is 6.99. The van der Waals surface area contributed by atoms with Crippen molar-refractivity contribution in [3.05, 3.63) is 35.3 Å². The van der Waals surface area contributed by atoms with Crippen LogP contribution in [-0.2, 0) is 6.42 Å². The maximum Gasteiger partial charge on any atom is 0.409 e. The number of aryl methyl sites for hydroxylation is 1. The van der Waals surface area contributed by atoms with Crippen LogP contribution in [0.3, 0.4) is 0 Å². The van der Waals surface area contributed by atoms with Crippen LogP contribution in [0.1, 0.15) is 5.69 Å². The quantitative estimate of drug-likeness (QED) is 0.891. The minimum absolute atomic E-state index is 0.283. The average Bonchev–Trinajstić information content (AvgIpc) is 2.78.